The number of aliphatic hydroxyl groups is 2. The summed E-state index contributed by atoms with van der Waals surface area (Å²) in [6, 6.07) is 0. The number of carboxylic acid groups (broad SMARTS) is 1. The third-order valence-corrected chi connectivity index (χ3v) is 12.0. The molecule has 0 aromatic rings. The first-order valence-electron chi connectivity index (χ1n) is 13.7. The Bertz CT molecular complexity index is 899. The lowest BCUT2D eigenvalue weighted by Crippen LogP contribution is -2.55. The summed E-state index contributed by atoms with van der Waals surface area (Å²) in [5.74, 6) is 0.213. The highest BCUT2D eigenvalue weighted by molar-refractivity contribution is 5.85. The van der Waals surface area contributed by atoms with Crippen LogP contribution in [0.2, 0.25) is 0 Å². The van der Waals surface area contributed by atoms with Gasteiger partial charge in [-0.05, 0) is 104 Å². The lowest BCUT2D eigenvalue weighted by Gasteiger charge is -2.62. The quantitative estimate of drug-likeness (QED) is 0.315. The number of rotatable bonds is 5. The van der Waals surface area contributed by atoms with Gasteiger partial charge in [0, 0.05) is 5.57 Å². The molecule has 8 atom stereocenters. The predicted octanol–water partition coefficient (Wildman–Crippen LogP) is 6.51. The van der Waals surface area contributed by atoms with E-state index in [4.69, 9.17) is 5.11 Å². The molecule has 192 valence electrons. The van der Waals surface area contributed by atoms with Crippen LogP contribution < -0.4 is 0 Å². The standard InChI is InChI=1S/C30H48O4/c1-18(26(33)34)8-10-23(31)19(2)20-12-16-30(7)22-9-11-24-27(3,4)25(32)14-15-28(24,5)21(22)13-17-29(20,30)6/h8,19-20,23-25,31-32H,9-17H2,1-7H3,(H,33,34)/b18-8+/t19-,20+,23-,24?,25-,28+,29+,30-/m0/s1. The molecule has 1 unspecified atom stereocenters. The van der Waals surface area contributed by atoms with E-state index in [9.17, 15) is 15.0 Å². The predicted molar refractivity (Wildman–Crippen MR) is 136 cm³/mol. The summed E-state index contributed by atoms with van der Waals surface area (Å²) in [4.78, 5) is 11.2. The zero-order valence-corrected chi connectivity index (χ0v) is 22.6. The van der Waals surface area contributed by atoms with Crippen LogP contribution in [0.5, 0.6) is 0 Å². The lowest BCUT2D eigenvalue weighted by molar-refractivity contribution is -0.132. The smallest absolute Gasteiger partial charge is 0.330 e. The van der Waals surface area contributed by atoms with Crippen LogP contribution in [0, 0.1) is 39.4 Å². The molecule has 4 aliphatic carbocycles. The number of aliphatic hydroxyl groups excluding tert-OH is 2. The van der Waals surface area contributed by atoms with Crippen molar-refractivity contribution in [1.29, 1.82) is 0 Å². The Kier molecular flexibility index (Phi) is 6.47. The molecule has 2 saturated carbocycles. The monoisotopic (exact) mass is 472 g/mol. The number of allylic oxidation sites excluding steroid dienone is 2. The molecule has 2 fully saturated rings. The molecule has 0 radical (unpaired) electrons. The first kappa shape index (κ1) is 25.9. The Morgan fingerprint density at radius 1 is 1.03 bits per heavy atom. The molecule has 0 saturated heterocycles. The SMILES string of the molecule is C/C(=C\C[C@H](O)[C@@H](C)[C@H]1CC[C@@]2(C)C3=C(CC[C@]12C)[C@@]1(C)CC[C@H](O)C(C)(C)C1CC3)C(=O)O. The van der Waals surface area contributed by atoms with Gasteiger partial charge >= 0.3 is 5.97 Å². The van der Waals surface area contributed by atoms with Crippen molar-refractivity contribution in [3.63, 3.8) is 0 Å². The molecule has 0 spiro atoms. The Morgan fingerprint density at radius 2 is 1.71 bits per heavy atom. The third-order valence-electron chi connectivity index (χ3n) is 12.0. The van der Waals surface area contributed by atoms with Gasteiger partial charge in [0.2, 0.25) is 0 Å². The minimum Gasteiger partial charge on any atom is -0.478 e. The summed E-state index contributed by atoms with van der Waals surface area (Å²) in [7, 11) is 0. The molecule has 4 nitrogen and oxygen atoms in total. The van der Waals surface area contributed by atoms with E-state index in [1.54, 1.807) is 24.1 Å². The second-order valence-electron chi connectivity index (χ2n) is 13.6. The minimum atomic E-state index is -0.908. The Hall–Kier alpha value is -1.13. The van der Waals surface area contributed by atoms with Crippen LogP contribution in [-0.4, -0.2) is 33.5 Å². The van der Waals surface area contributed by atoms with E-state index in [2.05, 4.69) is 41.5 Å². The molecule has 0 aromatic heterocycles. The second kappa shape index (κ2) is 8.47. The molecular weight excluding hydrogens is 424 g/mol. The fraction of sp³-hybridized carbons (Fsp3) is 0.833. The van der Waals surface area contributed by atoms with Gasteiger partial charge in [0.15, 0.2) is 0 Å². The van der Waals surface area contributed by atoms with Crippen molar-refractivity contribution in [3.05, 3.63) is 22.8 Å². The highest BCUT2D eigenvalue weighted by atomic mass is 16.4. The molecular formula is C30H48O4. The van der Waals surface area contributed by atoms with Crippen molar-refractivity contribution in [2.45, 2.75) is 118 Å². The number of hydrogen-bond donors (Lipinski definition) is 3. The molecule has 0 heterocycles. The van der Waals surface area contributed by atoms with Gasteiger partial charge in [-0.15, -0.1) is 0 Å². The van der Waals surface area contributed by atoms with Crippen LogP contribution >= 0.6 is 0 Å². The molecule has 0 bridgehead atoms. The highest BCUT2D eigenvalue weighted by Gasteiger charge is 2.63. The molecule has 34 heavy (non-hydrogen) atoms. The lowest BCUT2D eigenvalue weighted by atomic mass is 9.43. The molecule has 0 amide bonds. The maximum absolute atomic E-state index is 11.2. The largest absolute Gasteiger partial charge is 0.478 e. The van der Waals surface area contributed by atoms with E-state index in [1.165, 1.54) is 19.3 Å². The highest BCUT2D eigenvalue weighted by Crippen LogP contribution is 2.72. The van der Waals surface area contributed by atoms with Crippen LogP contribution in [0.3, 0.4) is 0 Å². The topological polar surface area (TPSA) is 77.8 Å². The summed E-state index contributed by atoms with van der Waals surface area (Å²) < 4.78 is 0. The number of aliphatic carboxylic acids is 1. The van der Waals surface area contributed by atoms with Gasteiger partial charge in [0.1, 0.15) is 0 Å². The van der Waals surface area contributed by atoms with Gasteiger partial charge in [0.25, 0.3) is 0 Å². The molecule has 4 rings (SSSR count). The normalized spacial score (nSPS) is 43.6. The first-order valence-corrected chi connectivity index (χ1v) is 13.7. The zero-order chi connectivity index (χ0) is 25.3. The van der Waals surface area contributed by atoms with Crippen molar-refractivity contribution in [2.24, 2.45) is 39.4 Å². The zero-order valence-electron chi connectivity index (χ0n) is 22.6. The van der Waals surface area contributed by atoms with Gasteiger partial charge < -0.3 is 15.3 Å². The molecule has 0 aromatic carbocycles. The van der Waals surface area contributed by atoms with E-state index in [-0.39, 0.29) is 33.7 Å². The van der Waals surface area contributed by atoms with E-state index < -0.39 is 12.1 Å². The van der Waals surface area contributed by atoms with Crippen LogP contribution in [0.15, 0.2) is 22.8 Å². The summed E-state index contributed by atoms with van der Waals surface area (Å²) in [6.07, 6.45) is 10.3. The second-order valence-corrected chi connectivity index (χ2v) is 13.6. The Labute approximate surface area is 206 Å². The fourth-order valence-electron chi connectivity index (χ4n) is 9.43. The summed E-state index contributed by atoms with van der Waals surface area (Å²) in [5.41, 5.74) is 4.24. The summed E-state index contributed by atoms with van der Waals surface area (Å²) in [6.45, 7) is 15.9. The van der Waals surface area contributed by atoms with Crippen LogP contribution in [0.1, 0.15) is 106 Å². The van der Waals surface area contributed by atoms with Gasteiger partial charge in [-0.2, -0.15) is 0 Å². The van der Waals surface area contributed by atoms with Gasteiger partial charge in [-0.25, -0.2) is 4.79 Å². The van der Waals surface area contributed by atoms with Crippen LogP contribution in [0.25, 0.3) is 0 Å². The van der Waals surface area contributed by atoms with Gasteiger partial charge in [-0.1, -0.05) is 58.8 Å². The van der Waals surface area contributed by atoms with E-state index >= 15 is 0 Å². The molecule has 4 aliphatic rings. The van der Waals surface area contributed by atoms with Crippen molar-refractivity contribution >= 4 is 5.97 Å². The van der Waals surface area contributed by atoms with Crippen molar-refractivity contribution < 1.29 is 20.1 Å². The average Bonchev–Trinajstić information content (AvgIpc) is 3.05. The summed E-state index contributed by atoms with van der Waals surface area (Å²) in [5, 5.41) is 31.0. The average molecular weight is 473 g/mol. The van der Waals surface area contributed by atoms with Gasteiger partial charge in [0.05, 0.1) is 12.2 Å². The van der Waals surface area contributed by atoms with Crippen molar-refractivity contribution in [3.8, 4) is 0 Å². The van der Waals surface area contributed by atoms with E-state index in [0.29, 0.717) is 23.8 Å². The first-order chi connectivity index (χ1) is 15.7. The number of fused-ring (bicyclic) bond motifs is 4. The minimum absolute atomic E-state index is 0.0361. The third kappa shape index (κ3) is 3.57. The number of carboxylic acids is 1. The maximum atomic E-state index is 11.2. The Balaban J connectivity index is 1.63. The molecule has 4 heteroatoms. The molecule has 0 aliphatic heterocycles. The number of carbonyl (C=O) groups is 1. The van der Waals surface area contributed by atoms with Crippen molar-refractivity contribution in [1.82, 2.24) is 0 Å². The maximum Gasteiger partial charge on any atom is 0.330 e. The Morgan fingerprint density at radius 3 is 2.35 bits per heavy atom. The van der Waals surface area contributed by atoms with E-state index in [0.717, 1.165) is 32.1 Å². The van der Waals surface area contributed by atoms with Crippen LogP contribution in [-0.2, 0) is 4.79 Å². The number of hydrogen-bond acceptors (Lipinski definition) is 3. The van der Waals surface area contributed by atoms with E-state index in [1.807, 2.05) is 0 Å². The summed E-state index contributed by atoms with van der Waals surface area (Å²) >= 11 is 0. The van der Waals surface area contributed by atoms with Crippen molar-refractivity contribution in [2.75, 3.05) is 0 Å². The van der Waals surface area contributed by atoms with Crippen LogP contribution in [0.4, 0.5) is 0 Å². The fourth-order valence-corrected chi connectivity index (χ4v) is 9.43. The van der Waals surface area contributed by atoms with Gasteiger partial charge in [-0.3, -0.25) is 0 Å². The molecule has 3 N–H and O–H groups in total.